The van der Waals surface area contributed by atoms with Gasteiger partial charge in [-0.1, -0.05) is 57.0 Å². The van der Waals surface area contributed by atoms with Gasteiger partial charge in [0, 0.05) is 20.5 Å². The molecule has 11 heavy (non-hydrogen) atoms. The van der Waals surface area contributed by atoms with Crippen LogP contribution in [0.1, 0.15) is 46.0 Å². The van der Waals surface area contributed by atoms with E-state index in [1.165, 1.54) is 52.6 Å². The van der Waals surface area contributed by atoms with Crippen molar-refractivity contribution in [3.63, 3.8) is 0 Å². The second-order valence-electron chi connectivity index (χ2n) is 4.22. The van der Waals surface area contributed by atoms with E-state index in [1.807, 2.05) is 0 Å². The van der Waals surface area contributed by atoms with Gasteiger partial charge in [0.05, 0.1) is 0 Å². The van der Waals surface area contributed by atoms with Crippen LogP contribution < -0.4 is 0 Å². The Kier molecular flexibility index (Phi) is 7.38. The Hall–Kier alpha value is 0.434. The maximum absolute atomic E-state index is 2.38. The van der Waals surface area contributed by atoms with Crippen molar-refractivity contribution in [3.8, 4) is 0 Å². The maximum atomic E-state index is 2.38. The predicted octanol–water partition coefficient (Wildman–Crippen LogP) is 1.28. The van der Waals surface area contributed by atoms with Crippen LogP contribution in [0.4, 0.5) is 0 Å². The van der Waals surface area contributed by atoms with Crippen LogP contribution in [0.5, 0.6) is 0 Å². The molecular weight excluding hydrogens is 164 g/mol. The average molecular weight is 188 g/mol. The van der Waals surface area contributed by atoms with Crippen LogP contribution in [0.25, 0.3) is 0 Å². The van der Waals surface area contributed by atoms with E-state index >= 15 is 0 Å². The summed E-state index contributed by atoms with van der Waals surface area (Å²) >= 11 is 0. The third kappa shape index (κ3) is 8.34. The lowest BCUT2D eigenvalue weighted by Gasteiger charge is -2.10. The van der Waals surface area contributed by atoms with Crippen molar-refractivity contribution in [2.45, 2.75) is 57.0 Å². The monoisotopic (exact) mass is 188 g/mol. The lowest BCUT2D eigenvalue weighted by molar-refractivity contribution is 0.601. The SMILES string of the molecule is CCCC([SiH3])CCCC(C)[SiH3]. The maximum Gasteiger partial charge on any atom is 0.00672 e. The third-order valence-electron chi connectivity index (χ3n) is 2.26. The van der Waals surface area contributed by atoms with Crippen molar-refractivity contribution in [3.05, 3.63) is 0 Å². The molecule has 0 saturated carbocycles. The largest absolute Gasteiger partial charge is 0.0658 e. The summed E-state index contributed by atoms with van der Waals surface area (Å²) in [6.07, 6.45) is 7.40. The number of hydrogen-bond acceptors (Lipinski definition) is 0. The summed E-state index contributed by atoms with van der Waals surface area (Å²) in [6.45, 7) is 4.69. The van der Waals surface area contributed by atoms with Crippen molar-refractivity contribution >= 4 is 20.5 Å². The van der Waals surface area contributed by atoms with Crippen molar-refractivity contribution in [1.29, 1.82) is 0 Å². The molecule has 0 amide bonds. The molecule has 0 radical (unpaired) electrons. The molecule has 0 aromatic rings. The van der Waals surface area contributed by atoms with Gasteiger partial charge in [0.2, 0.25) is 0 Å². The minimum Gasteiger partial charge on any atom is -0.0658 e. The average Bonchev–Trinajstić information content (AvgIpc) is 1.87. The fraction of sp³-hybridized carbons (Fsp3) is 1.00. The minimum atomic E-state index is 1.05. The first-order valence-electron chi connectivity index (χ1n) is 5.16. The topological polar surface area (TPSA) is 0 Å². The van der Waals surface area contributed by atoms with Crippen molar-refractivity contribution in [2.75, 3.05) is 0 Å². The van der Waals surface area contributed by atoms with E-state index in [0.717, 1.165) is 11.1 Å². The zero-order valence-corrected chi connectivity index (χ0v) is 12.7. The Morgan fingerprint density at radius 3 is 2.18 bits per heavy atom. The van der Waals surface area contributed by atoms with E-state index in [0.29, 0.717) is 0 Å². The first-order valence-corrected chi connectivity index (χ1v) is 7.47. The first kappa shape index (κ1) is 11.4. The third-order valence-corrected chi connectivity index (χ3v) is 3.99. The van der Waals surface area contributed by atoms with Gasteiger partial charge in [-0.05, 0) is 0 Å². The van der Waals surface area contributed by atoms with Crippen molar-refractivity contribution in [2.24, 2.45) is 0 Å². The molecule has 0 aliphatic carbocycles. The van der Waals surface area contributed by atoms with E-state index in [-0.39, 0.29) is 0 Å². The summed E-state index contributed by atoms with van der Waals surface area (Å²) in [7, 11) is 2.81. The van der Waals surface area contributed by atoms with Crippen molar-refractivity contribution in [1.82, 2.24) is 0 Å². The molecule has 0 nitrogen and oxygen atoms in total. The zero-order chi connectivity index (χ0) is 8.69. The second-order valence-corrected chi connectivity index (χ2v) is 7.82. The highest BCUT2D eigenvalue weighted by Crippen LogP contribution is 2.19. The van der Waals surface area contributed by atoms with Crippen LogP contribution in [0.3, 0.4) is 0 Å². The molecule has 2 heteroatoms. The molecule has 0 bridgehead atoms. The van der Waals surface area contributed by atoms with Crippen LogP contribution in [0.2, 0.25) is 11.1 Å². The van der Waals surface area contributed by atoms with Gasteiger partial charge < -0.3 is 0 Å². The predicted molar refractivity (Wildman–Crippen MR) is 61.8 cm³/mol. The van der Waals surface area contributed by atoms with Gasteiger partial charge in [-0.2, -0.15) is 0 Å². The van der Waals surface area contributed by atoms with Gasteiger partial charge in [0.1, 0.15) is 0 Å². The molecule has 0 rings (SSSR count). The molecule has 0 aromatic heterocycles. The summed E-state index contributed by atoms with van der Waals surface area (Å²) in [5, 5.41) is 0. The lowest BCUT2D eigenvalue weighted by atomic mass is 10.1. The Morgan fingerprint density at radius 1 is 1.09 bits per heavy atom. The smallest absolute Gasteiger partial charge is 0.00672 e. The fourth-order valence-electron chi connectivity index (χ4n) is 1.51. The van der Waals surface area contributed by atoms with Crippen LogP contribution in [0, 0.1) is 0 Å². The summed E-state index contributed by atoms with van der Waals surface area (Å²) in [5.41, 5.74) is 2.16. The Labute approximate surface area is 78.0 Å². The molecule has 0 fully saturated rings. The second kappa shape index (κ2) is 7.10. The summed E-state index contributed by atoms with van der Waals surface area (Å²) in [5.74, 6) is 0. The van der Waals surface area contributed by atoms with Gasteiger partial charge in [-0.25, -0.2) is 0 Å². The van der Waals surface area contributed by atoms with Gasteiger partial charge in [0.25, 0.3) is 0 Å². The summed E-state index contributed by atoms with van der Waals surface area (Å²) in [4.78, 5) is 0. The van der Waals surface area contributed by atoms with E-state index < -0.39 is 0 Å². The van der Waals surface area contributed by atoms with Crippen LogP contribution in [0.15, 0.2) is 0 Å². The van der Waals surface area contributed by atoms with Crippen LogP contribution >= 0.6 is 0 Å². The van der Waals surface area contributed by atoms with E-state index in [1.54, 1.807) is 0 Å². The Balaban J connectivity index is 3.10. The minimum absolute atomic E-state index is 1.05. The standard InChI is InChI=1S/C9H24Si2/c1-3-5-9(11)7-4-6-8(2)10/h8-9H,3-7H2,1-2,10-11H3. The van der Waals surface area contributed by atoms with Gasteiger partial charge in [-0.3, -0.25) is 0 Å². The van der Waals surface area contributed by atoms with Crippen LogP contribution in [-0.4, -0.2) is 20.5 Å². The lowest BCUT2D eigenvalue weighted by Crippen LogP contribution is -1.93. The first-order chi connectivity index (χ1) is 5.16. The Bertz CT molecular complexity index is 81.6. The molecule has 0 aliphatic rings. The summed E-state index contributed by atoms with van der Waals surface area (Å²) < 4.78 is 0. The van der Waals surface area contributed by atoms with E-state index in [2.05, 4.69) is 13.8 Å². The quantitative estimate of drug-likeness (QED) is 0.551. The molecule has 0 N–H and O–H groups in total. The van der Waals surface area contributed by atoms with Crippen LogP contribution in [-0.2, 0) is 0 Å². The van der Waals surface area contributed by atoms with E-state index in [9.17, 15) is 0 Å². The molecule has 0 saturated heterocycles. The molecule has 68 valence electrons. The van der Waals surface area contributed by atoms with Crippen molar-refractivity contribution < 1.29 is 0 Å². The molecule has 0 spiro atoms. The Morgan fingerprint density at radius 2 is 1.73 bits per heavy atom. The highest BCUT2D eigenvalue weighted by molar-refractivity contribution is 6.11. The fourth-order valence-corrected chi connectivity index (χ4v) is 2.91. The molecule has 0 heterocycles. The number of rotatable bonds is 6. The molecule has 0 aliphatic heterocycles. The zero-order valence-electron chi connectivity index (χ0n) is 8.69. The molecule has 0 aromatic carbocycles. The van der Waals surface area contributed by atoms with E-state index in [4.69, 9.17) is 0 Å². The molecule has 2 atom stereocenters. The highest BCUT2D eigenvalue weighted by atomic mass is 28.1. The normalized spacial score (nSPS) is 16.9. The molecular formula is C9H24Si2. The highest BCUT2D eigenvalue weighted by Gasteiger charge is 2.00. The van der Waals surface area contributed by atoms with Gasteiger partial charge in [0.15, 0.2) is 0 Å². The molecule has 2 unspecified atom stereocenters. The number of hydrogen-bond donors (Lipinski definition) is 0. The van der Waals surface area contributed by atoms with Gasteiger partial charge in [-0.15, -0.1) is 0 Å². The summed E-state index contributed by atoms with van der Waals surface area (Å²) in [6, 6.07) is 0. The van der Waals surface area contributed by atoms with Gasteiger partial charge >= 0.3 is 0 Å².